The van der Waals surface area contributed by atoms with Gasteiger partial charge in [0.2, 0.25) is 15.9 Å². The van der Waals surface area contributed by atoms with E-state index in [1.807, 2.05) is 31.2 Å². The van der Waals surface area contributed by atoms with Crippen LogP contribution < -0.4 is 18.9 Å². The lowest BCUT2D eigenvalue weighted by Crippen LogP contribution is -2.28. The van der Waals surface area contributed by atoms with E-state index < -0.39 is 10.0 Å². The molecular formula is C21H23N3O5S. The zero-order chi connectivity index (χ0) is 21.6. The van der Waals surface area contributed by atoms with Gasteiger partial charge in [0.25, 0.3) is 0 Å². The number of aromatic nitrogens is 2. The Balaban J connectivity index is 1.54. The molecule has 0 aliphatic carbocycles. The highest BCUT2D eigenvalue weighted by atomic mass is 32.2. The molecule has 0 radical (unpaired) electrons. The van der Waals surface area contributed by atoms with Gasteiger partial charge in [0.05, 0.1) is 24.8 Å². The molecule has 30 heavy (non-hydrogen) atoms. The van der Waals surface area contributed by atoms with Crippen LogP contribution in [0.5, 0.6) is 17.4 Å². The smallest absolute Gasteiger partial charge is 0.240 e. The summed E-state index contributed by atoms with van der Waals surface area (Å²) in [6.07, 6.45) is 0. The van der Waals surface area contributed by atoms with E-state index in [-0.39, 0.29) is 18.0 Å². The van der Waals surface area contributed by atoms with Gasteiger partial charge in [-0.05, 0) is 25.1 Å². The summed E-state index contributed by atoms with van der Waals surface area (Å²) in [6.45, 7) is 2.19. The Morgan fingerprint density at radius 3 is 2.27 bits per heavy atom. The van der Waals surface area contributed by atoms with E-state index in [2.05, 4.69) is 14.9 Å². The number of nitrogens with zero attached hydrogens (tertiary/aromatic N) is 2. The van der Waals surface area contributed by atoms with Crippen LogP contribution in [0.3, 0.4) is 0 Å². The lowest BCUT2D eigenvalue weighted by molar-refractivity contribution is 0.307. The van der Waals surface area contributed by atoms with Gasteiger partial charge in [-0.1, -0.05) is 29.8 Å². The fourth-order valence-corrected chi connectivity index (χ4v) is 3.70. The van der Waals surface area contributed by atoms with Gasteiger partial charge < -0.3 is 14.2 Å². The van der Waals surface area contributed by atoms with Crippen molar-refractivity contribution in [1.82, 2.24) is 14.9 Å². The van der Waals surface area contributed by atoms with E-state index in [0.717, 1.165) is 11.3 Å². The molecule has 0 spiro atoms. The maximum atomic E-state index is 12.4. The van der Waals surface area contributed by atoms with Crippen molar-refractivity contribution >= 4 is 10.0 Å². The molecule has 9 heteroatoms. The first-order valence-electron chi connectivity index (χ1n) is 9.18. The van der Waals surface area contributed by atoms with Gasteiger partial charge in [-0.3, -0.25) is 0 Å². The molecule has 0 atom stereocenters. The van der Waals surface area contributed by atoms with E-state index >= 15 is 0 Å². The first kappa shape index (κ1) is 21.5. The summed E-state index contributed by atoms with van der Waals surface area (Å²) < 4.78 is 43.1. The fourth-order valence-electron chi connectivity index (χ4n) is 2.67. The van der Waals surface area contributed by atoms with Crippen molar-refractivity contribution in [2.45, 2.75) is 11.8 Å². The Morgan fingerprint density at radius 2 is 1.63 bits per heavy atom. The number of hydrogen-bond acceptors (Lipinski definition) is 7. The third kappa shape index (κ3) is 5.25. The predicted octanol–water partition coefficient (Wildman–Crippen LogP) is 2.83. The van der Waals surface area contributed by atoms with Crippen LogP contribution in [0.15, 0.2) is 59.5 Å². The topological polar surface area (TPSA) is 99.6 Å². The van der Waals surface area contributed by atoms with Crippen molar-refractivity contribution in [1.29, 1.82) is 0 Å². The molecular weight excluding hydrogens is 406 g/mol. The van der Waals surface area contributed by atoms with Crippen LogP contribution in [0, 0.1) is 6.92 Å². The normalized spacial score (nSPS) is 11.2. The van der Waals surface area contributed by atoms with E-state index in [1.165, 1.54) is 38.0 Å². The number of methoxy groups -OCH3 is 2. The molecule has 0 fully saturated rings. The van der Waals surface area contributed by atoms with Crippen molar-refractivity contribution in [3.05, 3.63) is 60.2 Å². The molecule has 0 aliphatic heterocycles. The van der Waals surface area contributed by atoms with Crippen LogP contribution in [0.4, 0.5) is 0 Å². The zero-order valence-electron chi connectivity index (χ0n) is 17.0. The molecule has 2 aromatic carbocycles. The van der Waals surface area contributed by atoms with Crippen molar-refractivity contribution in [3.63, 3.8) is 0 Å². The largest absolute Gasteiger partial charge is 0.493 e. The first-order chi connectivity index (χ1) is 14.4. The van der Waals surface area contributed by atoms with Crippen LogP contribution in [0.1, 0.15) is 5.56 Å². The summed E-state index contributed by atoms with van der Waals surface area (Å²) in [7, 11) is -0.791. The van der Waals surface area contributed by atoms with E-state index in [4.69, 9.17) is 14.2 Å². The molecule has 1 aromatic heterocycles. The van der Waals surface area contributed by atoms with Crippen molar-refractivity contribution in [2.75, 3.05) is 27.4 Å². The van der Waals surface area contributed by atoms with Crippen LogP contribution in [-0.4, -0.2) is 46.0 Å². The number of benzene rings is 2. The minimum atomic E-state index is -3.72. The van der Waals surface area contributed by atoms with Crippen molar-refractivity contribution in [3.8, 4) is 28.6 Å². The zero-order valence-corrected chi connectivity index (χ0v) is 17.8. The maximum absolute atomic E-state index is 12.4. The lowest BCUT2D eigenvalue weighted by atomic mass is 10.1. The summed E-state index contributed by atoms with van der Waals surface area (Å²) in [5.41, 5.74) is 2.86. The predicted molar refractivity (Wildman–Crippen MR) is 112 cm³/mol. The summed E-state index contributed by atoms with van der Waals surface area (Å²) in [4.78, 5) is 0.0717. The number of nitrogens with one attached hydrogen (secondary N) is 1. The molecule has 0 amide bonds. The standard InChI is InChI=1S/C21H23N3O5S/c1-15-4-6-16(7-5-15)18-9-11-21(24-23-18)29-13-12-22-30(25,26)17-8-10-19(27-2)20(14-17)28-3/h4-11,14,22H,12-13H2,1-3H3. The molecule has 8 nitrogen and oxygen atoms in total. The molecule has 0 saturated carbocycles. The van der Waals surface area contributed by atoms with Gasteiger partial charge in [0.1, 0.15) is 6.61 Å². The van der Waals surface area contributed by atoms with Crippen LogP contribution in [0.2, 0.25) is 0 Å². The van der Waals surface area contributed by atoms with Gasteiger partial charge in [-0.25, -0.2) is 13.1 Å². The number of rotatable bonds is 9. The second-order valence-corrected chi connectivity index (χ2v) is 8.15. The third-order valence-electron chi connectivity index (χ3n) is 4.30. The minimum absolute atomic E-state index is 0.0675. The quantitative estimate of drug-likeness (QED) is 0.522. The van der Waals surface area contributed by atoms with Gasteiger partial charge in [0.15, 0.2) is 11.5 Å². The SMILES string of the molecule is COc1ccc(S(=O)(=O)NCCOc2ccc(-c3ccc(C)cc3)nn2)cc1OC. The van der Waals surface area contributed by atoms with Crippen molar-refractivity contribution in [2.24, 2.45) is 0 Å². The lowest BCUT2D eigenvalue weighted by Gasteiger charge is -2.11. The second-order valence-electron chi connectivity index (χ2n) is 6.39. The molecule has 0 unspecified atom stereocenters. The average Bonchev–Trinajstić information content (AvgIpc) is 2.77. The Labute approximate surface area is 175 Å². The Morgan fingerprint density at radius 1 is 0.900 bits per heavy atom. The van der Waals surface area contributed by atoms with Crippen LogP contribution in [-0.2, 0) is 10.0 Å². The van der Waals surface area contributed by atoms with E-state index in [1.54, 1.807) is 12.1 Å². The van der Waals surface area contributed by atoms with Crippen molar-refractivity contribution < 1.29 is 22.6 Å². The number of ether oxygens (including phenoxy) is 3. The average molecular weight is 429 g/mol. The number of aryl methyl sites for hydroxylation is 1. The van der Waals surface area contributed by atoms with Gasteiger partial charge in [-0.2, -0.15) is 0 Å². The van der Waals surface area contributed by atoms with Gasteiger partial charge >= 0.3 is 0 Å². The summed E-state index contributed by atoms with van der Waals surface area (Å²) in [6, 6.07) is 15.8. The molecule has 3 rings (SSSR count). The minimum Gasteiger partial charge on any atom is -0.493 e. The number of hydrogen-bond donors (Lipinski definition) is 1. The molecule has 0 aliphatic rings. The molecule has 1 heterocycles. The Hall–Kier alpha value is -3.17. The maximum Gasteiger partial charge on any atom is 0.240 e. The van der Waals surface area contributed by atoms with Gasteiger partial charge in [0, 0.05) is 24.2 Å². The summed E-state index contributed by atoms with van der Waals surface area (Å²) in [5.74, 6) is 1.10. The third-order valence-corrected chi connectivity index (χ3v) is 5.76. The highest BCUT2D eigenvalue weighted by Crippen LogP contribution is 2.29. The van der Waals surface area contributed by atoms with E-state index in [9.17, 15) is 8.42 Å². The van der Waals surface area contributed by atoms with Gasteiger partial charge in [-0.15, -0.1) is 10.2 Å². The highest BCUT2D eigenvalue weighted by Gasteiger charge is 2.16. The van der Waals surface area contributed by atoms with Crippen LogP contribution >= 0.6 is 0 Å². The molecule has 3 aromatic rings. The van der Waals surface area contributed by atoms with Crippen LogP contribution in [0.25, 0.3) is 11.3 Å². The second kappa shape index (κ2) is 9.55. The Bertz CT molecular complexity index is 1080. The molecule has 158 valence electrons. The Kier molecular flexibility index (Phi) is 6.86. The number of sulfonamides is 1. The van der Waals surface area contributed by atoms with E-state index in [0.29, 0.717) is 17.4 Å². The summed E-state index contributed by atoms with van der Waals surface area (Å²) >= 11 is 0. The summed E-state index contributed by atoms with van der Waals surface area (Å²) in [5, 5.41) is 8.18. The first-order valence-corrected chi connectivity index (χ1v) is 10.7. The molecule has 0 bridgehead atoms. The molecule has 1 N–H and O–H groups in total. The monoisotopic (exact) mass is 429 g/mol. The molecule has 0 saturated heterocycles. The highest BCUT2D eigenvalue weighted by molar-refractivity contribution is 7.89. The fraction of sp³-hybridized carbons (Fsp3) is 0.238.